The van der Waals surface area contributed by atoms with E-state index in [9.17, 15) is 0 Å². The molecule has 1 fully saturated rings. The van der Waals surface area contributed by atoms with Gasteiger partial charge in [0.1, 0.15) is 0 Å². The van der Waals surface area contributed by atoms with Crippen LogP contribution >= 0.6 is 0 Å². The normalized spacial score (nSPS) is 28.7. The molecule has 0 aromatic heterocycles. The largest absolute Gasteiger partial charge is 0.412 e. The first-order valence-corrected chi connectivity index (χ1v) is 9.10. The van der Waals surface area contributed by atoms with Crippen LogP contribution in [0.5, 0.6) is 0 Å². The maximum atomic E-state index is 6.40. The number of rotatable bonds is 2. The van der Waals surface area contributed by atoms with Crippen molar-refractivity contribution in [2.75, 3.05) is 0 Å². The van der Waals surface area contributed by atoms with E-state index < -0.39 is 8.32 Å². The van der Waals surface area contributed by atoms with E-state index in [4.69, 9.17) is 4.43 Å². The molecule has 84 valence electrons. The fourth-order valence-electron chi connectivity index (χ4n) is 3.15. The highest BCUT2D eigenvalue weighted by molar-refractivity contribution is 6.71. The minimum atomic E-state index is -1.35. The molecule has 14 heavy (non-hydrogen) atoms. The molecule has 1 saturated heterocycles. The van der Waals surface area contributed by atoms with Crippen molar-refractivity contribution in [3.63, 3.8) is 0 Å². The first-order valence-electron chi connectivity index (χ1n) is 5.99. The second kappa shape index (κ2) is 3.64. The van der Waals surface area contributed by atoms with Crippen LogP contribution in [0.3, 0.4) is 0 Å². The van der Waals surface area contributed by atoms with E-state index >= 15 is 0 Å². The molecule has 1 nitrogen and oxygen atoms in total. The Hall–Kier alpha value is 0.177. The van der Waals surface area contributed by atoms with Crippen LogP contribution in [0.2, 0.25) is 19.1 Å². The van der Waals surface area contributed by atoms with Crippen molar-refractivity contribution in [3.8, 4) is 0 Å². The molecule has 0 saturated carbocycles. The van der Waals surface area contributed by atoms with Crippen LogP contribution in [-0.2, 0) is 4.43 Å². The van der Waals surface area contributed by atoms with Gasteiger partial charge in [0, 0.05) is 0 Å². The monoisotopic (exact) mass is 214 g/mol. The van der Waals surface area contributed by atoms with Gasteiger partial charge >= 0.3 is 0 Å². The van der Waals surface area contributed by atoms with Crippen molar-refractivity contribution < 1.29 is 4.43 Å². The van der Waals surface area contributed by atoms with Crippen LogP contribution in [0.1, 0.15) is 47.0 Å². The Morgan fingerprint density at radius 2 is 1.64 bits per heavy atom. The predicted molar refractivity (Wildman–Crippen MR) is 65.1 cm³/mol. The van der Waals surface area contributed by atoms with Crippen LogP contribution < -0.4 is 0 Å². The summed E-state index contributed by atoms with van der Waals surface area (Å²) in [7, 11) is -1.35. The van der Waals surface area contributed by atoms with E-state index in [0.29, 0.717) is 5.41 Å². The van der Waals surface area contributed by atoms with E-state index in [2.05, 4.69) is 40.8 Å². The zero-order valence-electron chi connectivity index (χ0n) is 10.7. The highest BCUT2D eigenvalue weighted by Gasteiger charge is 2.50. The molecule has 1 heterocycles. The van der Waals surface area contributed by atoms with Crippen molar-refractivity contribution in [3.05, 3.63) is 0 Å². The average Bonchev–Trinajstić information content (AvgIpc) is 2.03. The maximum absolute atomic E-state index is 6.40. The second-order valence-corrected chi connectivity index (χ2v) is 10.1. The average molecular weight is 214 g/mol. The lowest BCUT2D eigenvalue weighted by Gasteiger charge is -2.54. The van der Waals surface area contributed by atoms with Gasteiger partial charge in [-0.05, 0) is 57.7 Å². The third kappa shape index (κ3) is 1.92. The first-order chi connectivity index (χ1) is 6.29. The summed E-state index contributed by atoms with van der Waals surface area (Å²) in [6.07, 6.45) is 3.87. The lowest BCUT2D eigenvalue weighted by molar-refractivity contribution is -0.0666. The van der Waals surface area contributed by atoms with Crippen LogP contribution in [0, 0.1) is 5.41 Å². The summed E-state index contributed by atoms with van der Waals surface area (Å²) >= 11 is 0. The highest BCUT2D eigenvalue weighted by Crippen LogP contribution is 2.50. The van der Waals surface area contributed by atoms with Gasteiger partial charge in [-0.3, -0.25) is 0 Å². The lowest BCUT2D eigenvalue weighted by atomic mass is 9.68. The Morgan fingerprint density at radius 1 is 1.14 bits per heavy atom. The van der Waals surface area contributed by atoms with E-state index in [0.717, 1.165) is 0 Å². The number of hydrogen-bond acceptors (Lipinski definition) is 1. The first kappa shape index (κ1) is 12.2. The molecule has 0 radical (unpaired) electrons. The van der Waals surface area contributed by atoms with E-state index in [1.165, 1.54) is 25.3 Å². The molecule has 0 aromatic carbocycles. The maximum Gasteiger partial charge on any atom is 0.187 e. The summed E-state index contributed by atoms with van der Waals surface area (Å²) in [5.74, 6) is 0. The van der Waals surface area contributed by atoms with Crippen molar-refractivity contribution in [2.45, 2.75) is 71.7 Å². The molecule has 1 aliphatic heterocycles. The molecule has 0 aliphatic carbocycles. The van der Waals surface area contributed by atoms with Crippen molar-refractivity contribution in [1.82, 2.24) is 0 Å². The fraction of sp³-hybridized carbons (Fsp3) is 1.00. The predicted octanol–water partition coefficient (Wildman–Crippen LogP) is 4.20. The van der Waals surface area contributed by atoms with Crippen molar-refractivity contribution in [2.24, 2.45) is 5.41 Å². The molecule has 1 aliphatic rings. The summed E-state index contributed by atoms with van der Waals surface area (Å²) in [5.41, 5.74) is 0.514. The smallest absolute Gasteiger partial charge is 0.187 e. The molecule has 0 bridgehead atoms. The van der Waals surface area contributed by atoms with Gasteiger partial charge in [-0.2, -0.15) is 0 Å². The standard InChI is InChI=1S/C12H26OSi/c1-7-12(8-2)9-10-14(5,6)13-11(12,3)4/h7-10H2,1-6H3. The highest BCUT2D eigenvalue weighted by atomic mass is 28.4. The second-order valence-electron chi connectivity index (χ2n) is 5.86. The van der Waals surface area contributed by atoms with E-state index in [1.807, 2.05) is 0 Å². The summed E-state index contributed by atoms with van der Waals surface area (Å²) in [6.45, 7) is 13.9. The minimum Gasteiger partial charge on any atom is -0.412 e. The summed E-state index contributed by atoms with van der Waals surface area (Å²) in [4.78, 5) is 0. The molecular formula is C12H26OSi. The van der Waals surface area contributed by atoms with Crippen LogP contribution in [0.25, 0.3) is 0 Å². The Morgan fingerprint density at radius 3 is 2.00 bits per heavy atom. The Bertz CT molecular complexity index is 204. The van der Waals surface area contributed by atoms with Gasteiger partial charge in [0.05, 0.1) is 5.60 Å². The van der Waals surface area contributed by atoms with Crippen LogP contribution in [0.15, 0.2) is 0 Å². The van der Waals surface area contributed by atoms with Gasteiger partial charge in [0.15, 0.2) is 8.32 Å². The zero-order chi connectivity index (χ0) is 11.0. The molecule has 0 atom stereocenters. The zero-order valence-corrected chi connectivity index (χ0v) is 11.7. The number of hydrogen-bond donors (Lipinski definition) is 0. The molecule has 0 aromatic rings. The lowest BCUT2D eigenvalue weighted by Crippen LogP contribution is -2.56. The molecule has 0 N–H and O–H groups in total. The quantitative estimate of drug-likeness (QED) is 0.626. The summed E-state index contributed by atoms with van der Waals surface area (Å²) in [6, 6.07) is 1.33. The molecule has 2 heteroatoms. The van der Waals surface area contributed by atoms with Gasteiger partial charge in [-0.15, -0.1) is 0 Å². The molecule has 0 amide bonds. The topological polar surface area (TPSA) is 9.23 Å². The Balaban J connectivity index is 2.92. The van der Waals surface area contributed by atoms with E-state index in [1.54, 1.807) is 0 Å². The third-order valence-corrected chi connectivity index (χ3v) is 6.88. The Kier molecular flexibility index (Phi) is 3.18. The molecule has 1 rings (SSSR count). The van der Waals surface area contributed by atoms with Crippen molar-refractivity contribution in [1.29, 1.82) is 0 Å². The summed E-state index contributed by atoms with van der Waals surface area (Å²) in [5, 5.41) is 0. The molecule has 0 unspecified atom stereocenters. The fourth-order valence-corrected chi connectivity index (χ4v) is 5.93. The van der Waals surface area contributed by atoms with Crippen molar-refractivity contribution >= 4 is 8.32 Å². The van der Waals surface area contributed by atoms with Gasteiger partial charge in [0.25, 0.3) is 0 Å². The summed E-state index contributed by atoms with van der Waals surface area (Å²) < 4.78 is 6.40. The van der Waals surface area contributed by atoms with Gasteiger partial charge in [-0.1, -0.05) is 13.8 Å². The molecular weight excluding hydrogens is 188 g/mol. The van der Waals surface area contributed by atoms with Gasteiger partial charge in [-0.25, -0.2) is 0 Å². The van der Waals surface area contributed by atoms with Gasteiger partial charge in [0.2, 0.25) is 0 Å². The minimum absolute atomic E-state index is 0.0878. The van der Waals surface area contributed by atoms with Crippen LogP contribution in [0.4, 0.5) is 0 Å². The van der Waals surface area contributed by atoms with Gasteiger partial charge < -0.3 is 4.43 Å². The Labute approximate surface area is 90.4 Å². The van der Waals surface area contributed by atoms with E-state index in [-0.39, 0.29) is 5.60 Å². The third-order valence-electron chi connectivity index (χ3n) is 4.37. The van der Waals surface area contributed by atoms with Crippen LogP contribution in [-0.4, -0.2) is 13.9 Å². The SMILES string of the molecule is CCC1(CC)CC[Si](C)(C)OC1(C)C. The molecule has 0 spiro atoms.